The van der Waals surface area contributed by atoms with Gasteiger partial charge < -0.3 is 15.1 Å². The molecule has 1 saturated heterocycles. The SMILES string of the molecule is CN1CCC(O)(Cc2ccc(O)cc2)C1. The van der Waals surface area contributed by atoms with Crippen molar-refractivity contribution in [3.8, 4) is 5.75 Å². The van der Waals surface area contributed by atoms with Gasteiger partial charge >= 0.3 is 0 Å². The molecule has 0 saturated carbocycles. The van der Waals surface area contributed by atoms with Gasteiger partial charge in [0.1, 0.15) is 5.75 Å². The van der Waals surface area contributed by atoms with Crippen molar-refractivity contribution in [3.05, 3.63) is 29.8 Å². The quantitative estimate of drug-likeness (QED) is 0.760. The van der Waals surface area contributed by atoms with E-state index in [1.54, 1.807) is 12.1 Å². The molecule has 2 rings (SSSR count). The van der Waals surface area contributed by atoms with E-state index in [4.69, 9.17) is 5.11 Å². The first-order valence-electron chi connectivity index (χ1n) is 5.26. The van der Waals surface area contributed by atoms with Crippen LogP contribution in [0.4, 0.5) is 0 Å². The minimum atomic E-state index is -0.592. The first kappa shape index (κ1) is 10.5. The largest absolute Gasteiger partial charge is 0.508 e. The molecule has 0 aliphatic carbocycles. The molecule has 0 aromatic heterocycles. The van der Waals surface area contributed by atoms with E-state index in [1.165, 1.54) is 0 Å². The second-order valence-electron chi connectivity index (χ2n) is 4.56. The molecule has 1 aliphatic heterocycles. The predicted molar refractivity (Wildman–Crippen MR) is 58.9 cm³/mol. The van der Waals surface area contributed by atoms with Gasteiger partial charge in [0.2, 0.25) is 0 Å². The normalized spacial score (nSPS) is 27.1. The highest BCUT2D eigenvalue weighted by Gasteiger charge is 2.34. The van der Waals surface area contributed by atoms with Gasteiger partial charge in [0.25, 0.3) is 0 Å². The van der Waals surface area contributed by atoms with Crippen LogP contribution in [0.15, 0.2) is 24.3 Å². The Morgan fingerprint density at radius 3 is 2.53 bits per heavy atom. The summed E-state index contributed by atoms with van der Waals surface area (Å²) in [5.74, 6) is 0.272. The van der Waals surface area contributed by atoms with Gasteiger partial charge in [-0.2, -0.15) is 0 Å². The summed E-state index contributed by atoms with van der Waals surface area (Å²) >= 11 is 0. The molecule has 1 aliphatic rings. The standard InChI is InChI=1S/C12H17NO2/c1-13-7-6-12(15,9-13)8-10-2-4-11(14)5-3-10/h2-5,14-15H,6-9H2,1H3. The zero-order valence-corrected chi connectivity index (χ0v) is 8.98. The summed E-state index contributed by atoms with van der Waals surface area (Å²) in [5.41, 5.74) is 0.483. The van der Waals surface area contributed by atoms with E-state index in [1.807, 2.05) is 19.2 Å². The summed E-state index contributed by atoms with van der Waals surface area (Å²) in [4.78, 5) is 2.14. The maximum atomic E-state index is 10.3. The highest BCUT2D eigenvalue weighted by molar-refractivity contribution is 5.27. The Hall–Kier alpha value is -1.06. The molecule has 15 heavy (non-hydrogen) atoms. The fourth-order valence-corrected chi connectivity index (χ4v) is 2.20. The lowest BCUT2D eigenvalue weighted by atomic mass is 9.94. The molecular formula is C12H17NO2. The summed E-state index contributed by atoms with van der Waals surface area (Å²) in [6.45, 7) is 1.68. The second kappa shape index (κ2) is 3.83. The van der Waals surface area contributed by atoms with Crippen molar-refractivity contribution in [2.24, 2.45) is 0 Å². The molecule has 2 N–H and O–H groups in total. The Kier molecular flexibility index (Phi) is 2.67. The van der Waals surface area contributed by atoms with E-state index in [2.05, 4.69) is 4.90 Å². The van der Waals surface area contributed by atoms with Gasteiger partial charge in [-0.3, -0.25) is 0 Å². The molecular weight excluding hydrogens is 190 g/mol. The average Bonchev–Trinajstić information content (AvgIpc) is 2.50. The van der Waals surface area contributed by atoms with Gasteiger partial charge in [0, 0.05) is 19.5 Å². The maximum Gasteiger partial charge on any atom is 0.115 e. The van der Waals surface area contributed by atoms with Crippen LogP contribution in [0, 0.1) is 0 Å². The van der Waals surface area contributed by atoms with Crippen LogP contribution in [-0.2, 0) is 6.42 Å². The van der Waals surface area contributed by atoms with Crippen molar-refractivity contribution < 1.29 is 10.2 Å². The fourth-order valence-electron chi connectivity index (χ4n) is 2.20. The first-order valence-corrected chi connectivity index (χ1v) is 5.26. The number of nitrogens with zero attached hydrogens (tertiary/aromatic N) is 1. The number of aliphatic hydroxyl groups is 1. The monoisotopic (exact) mass is 207 g/mol. The predicted octanol–water partition coefficient (Wildman–Crippen LogP) is 1.00. The fraction of sp³-hybridized carbons (Fsp3) is 0.500. The van der Waals surface area contributed by atoms with Gasteiger partial charge in [-0.25, -0.2) is 0 Å². The van der Waals surface area contributed by atoms with Gasteiger partial charge in [-0.1, -0.05) is 12.1 Å². The van der Waals surface area contributed by atoms with Crippen molar-refractivity contribution in [1.82, 2.24) is 4.90 Å². The number of likely N-dealkylation sites (N-methyl/N-ethyl adjacent to an activating group) is 1. The van der Waals surface area contributed by atoms with Crippen molar-refractivity contribution in [3.63, 3.8) is 0 Å². The number of aromatic hydroxyl groups is 1. The van der Waals surface area contributed by atoms with E-state index in [0.29, 0.717) is 6.42 Å². The van der Waals surface area contributed by atoms with Gasteiger partial charge in [-0.15, -0.1) is 0 Å². The molecule has 0 bridgehead atoms. The van der Waals surface area contributed by atoms with E-state index >= 15 is 0 Å². The van der Waals surface area contributed by atoms with Gasteiger partial charge in [0.15, 0.2) is 0 Å². The molecule has 0 amide bonds. The van der Waals surface area contributed by atoms with Gasteiger partial charge in [0.05, 0.1) is 5.60 Å². The molecule has 3 heteroatoms. The lowest BCUT2D eigenvalue weighted by Gasteiger charge is -2.22. The van der Waals surface area contributed by atoms with Crippen LogP contribution in [0.3, 0.4) is 0 Å². The zero-order chi connectivity index (χ0) is 10.9. The number of hydrogen-bond donors (Lipinski definition) is 2. The maximum absolute atomic E-state index is 10.3. The number of benzene rings is 1. The van der Waals surface area contributed by atoms with Crippen molar-refractivity contribution in [2.45, 2.75) is 18.4 Å². The Bertz CT molecular complexity index is 336. The molecule has 82 valence electrons. The number of β-amino-alcohol motifs (C(OH)–C–C–N with tert-alkyl or cyclic N) is 1. The smallest absolute Gasteiger partial charge is 0.115 e. The Balaban J connectivity index is 2.05. The summed E-state index contributed by atoms with van der Waals surface area (Å²) < 4.78 is 0. The number of likely N-dealkylation sites (tertiary alicyclic amines) is 1. The van der Waals surface area contributed by atoms with E-state index in [0.717, 1.165) is 25.1 Å². The number of rotatable bonds is 2. The van der Waals surface area contributed by atoms with Crippen molar-refractivity contribution in [1.29, 1.82) is 0 Å². The van der Waals surface area contributed by atoms with Crippen LogP contribution in [0.25, 0.3) is 0 Å². The number of phenolic OH excluding ortho intramolecular Hbond substituents is 1. The molecule has 1 unspecified atom stereocenters. The highest BCUT2D eigenvalue weighted by Crippen LogP contribution is 2.25. The van der Waals surface area contributed by atoms with Crippen molar-refractivity contribution in [2.75, 3.05) is 20.1 Å². The minimum Gasteiger partial charge on any atom is -0.508 e. The number of phenols is 1. The summed E-state index contributed by atoms with van der Waals surface area (Å²) in [5, 5.41) is 19.4. The van der Waals surface area contributed by atoms with Crippen LogP contribution in [-0.4, -0.2) is 40.9 Å². The van der Waals surface area contributed by atoms with Crippen LogP contribution in [0.2, 0.25) is 0 Å². The third-order valence-corrected chi connectivity index (χ3v) is 2.99. The second-order valence-corrected chi connectivity index (χ2v) is 4.56. The van der Waals surface area contributed by atoms with E-state index in [-0.39, 0.29) is 5.75 Å². The van der Waals surface area contributed by atoms with Crippen LogP contribution < -0.4 is 0 Å². The summed E-state index contributed by atoms with van der Waals surface area (Å²) in [6, 6.07) is 7.06. The molecule has 1 heterocycles. The highest BCUT2D eigenvalue weighted by atomic mass is 16.3. The molecule has 1 atom stereocenters. The third kappa shape index (κ3) is 2.49. The first-order chi connectivity index (χ1) is 7.07. The topological polar surface area (TPSA) is 43.7 Å². The molecule has 1 aromatic carbocycles. The Morgan fingerprint density at radius 2 is 2.00 bits per heavy atom. The van der Waals surface area contributed by atoms with Crippen LogP contribution >= 0.6 is 0 Å². The molecule has 0 spiro atoms. The van der Waals surface area contributed by atoms with E-state index < -0.39 is 5.60 Å². The van der Waals surface area contributed by atoms with Crippen LogP contribution in [0.1, 0.15) is 12.0 Å². The van der Waals surface area contributed by atoms with E-state index in [9.17, 15) is 5.11 Å². The Labute approximate surface area is 90.0 Å². The summed E-state index contributed by atoms with van der Waals surface area (Å²) in [6.07, 6.45) is 1.49. The lowest BCUT2D eigenvalue weighted by Crippen LogP contribution is -2.34. The molecule has 0 radical (unpaired) electrons. The zero-order valence-electron chi connectivity index (χ0n) is 8.98. The molecule has 1 aromatic rings. The Morgan fingerprint density at radius 1 is 1.33 bits per heavy atom. The molecule has 1 fully saturated rings. The molecule has 3 nitrogen and oxygen atoms in total. The lowest BCUT2D eigenvalue weighted by molar-refractivity contribution is 0.0523. The van der Waals surface area contributed by atoms with Crippen molar-refractivity contribution >= 4 is 0 Å². The number of hydrogen-bond acceptors (Lipinski definition) is 3. The van der Waals surface area contributed by atoms with Gasteiger partial charge in [-0.05, 0) is 31.2 Å². The minimum absolute atomic E-state index is 0.272. The average molecular weight is 207 g/mol. The van der Waals surface area contributed by atoms with Crippen LogP contribution in [0.5, 0.6) is 5.75 Å². The summed E-state index contributed by atoms with van der Waals surface area (Å²) in [7, 11) is 2.02. The third-order valence-electron chi connectivity index (χ3n) is 2.99.